The Bertz CT molecular complexity index is 1070. The number of carbonyl (C=O) groups is 1. The van der Waals surface area contributed by atoms with Gasteiger partial charge in [0.15, 0.2) is 5.82 Å². The molecule has 3 aromatic rings. The summed E-state index contributed by atoms with van der Waals surface area (Å²) in [4.78, 5) is 12.6. The van der Waals surface area contributed by atoms with E-state index in [0.717, 1.165) is 37.6 Å². The van der Waals surface area contributed by atoms with E-state index in [1.54, 1.807) is 22.9 Å². The van der Waals surface area contributed by atoms with Gasteiger partial charge in [0.2, 0.25) is 0 Å². The van der Waals surface area contributed by atoms with Crippen LogP contribution in [0.15, 0.2) is 36.4 Å². The highest BCUT2D eigenvalue weighted by atomic mass is 19.1. The van der Waals surface area contributed by atoms with Crippen LogP contribution in [0.4, 0.5) is 8.78 Å². The molecule has 2 aliphatic rings. The summed E-state index contributed by atoms with van der Waals surface area (Å²) in [7, 11) is 0. The molecule has 28 heavy (non-hydrogen) atoms. The van der Waals surface area contributed by atoms with Gasteiger partial charge in [0.25, 0.3) is 5.91 Å². The van der Waals surface area contributed by atoms with Gasteiger partial charge >= 0.3 is 0 Å². The first-order chi connectivity index (χ1) is 13.6. The summed E-state index contributed by atoms with van der Waals surface area (Å²) in [5, 5.41) is 14.9. The SMILES string of the molecule is O=C(NC1CC1)c1cc(-c2ccc(F)cc2F)cc(-n2nnnc2C2CC2)c1. The Morgan fingerprint density at radius 1 is 1.07 bits per heavy atom. The Labute approximate surface area is 159 Å². The third-order valence-electron chi connectivity index (χ3n) is 5.02. The van der Waals surface area contributed by atoms with Crippen LogP contribution in [0.2, 0.25) is 0 Å². The van der Waals surface area contributed by atoms with Crippen LogP contribution in [0.1, 0.15) is 47.8 Å². The minimum Gasteiger partial charge on any atom is -0.349 e. The van der Waals surface area contributed by atoms with Crippen molar-refractivity contribution in [1.82, 2.24) is 25.5 Å². The van der Waals surface area contributed by atoms with Gasteiger partial charge in [-0.3, -0.25) is 4.79 Å². The van der Waals surface area contributed by atoms with Crippen molar-refractivity contribution in [3.05, 3.63) is 59.4 Å². The lowest BCUT2D eigenvalue weighted by atomic mass is 10.0. The Morgan fingerprint density at radius 3 is 2.61 bits per heavy atom. The molecule has 0 spiro atoms. The van der Waals surface area contributed by atoms with Crippen molar-refractivity contribution in [1.29, 1.82) is 0 Å². The summed E-state index contributed by atoms with van der Waals surface area (Å²) in [6, 6.07) is 8.61. The second kappa shape index (κ2) is 6.47. The molecule has 0 saturated heterocycles. The highest BCUT2D eigenvalue weighted by Gasteiger charge is 2.30. The average Bonchev–Trinajstić information content (AvgIpc) is 3.61. The topological polar surface area (TPSA) is 72.7 Å². The number of tetrazole rings is 1. The molecule has 2 fully saturated rings. The highest BCUT2D eigenvalue weighted by molar-refractivity contribution is 5.96. The van der Waals surface area contributed by atoms with Gasteiger partial charge in [-0.25, -0.2) is 8.78 Å². The normalized spacial score (nSPS) is 16.2. The van der Waals surface area contributed by atoms with E-state index in [1.165, 1.54) is 12.1 Å². The van der Waals surface area contributed by atoms with Crippen LogP contribution in [-0.2, 0) is 0 Å². The van der Waals surface area contributed by atoms with Crippen LogP contribution in [0, 0.1) is 11.6 Å². The summed E-state index contributed by atoms with van der Waals surface area (Å²) < 4.78 is 29.3. The van der Waals surface area contributed by atoms with Gasteiger partial charge in [0.05, 0.1) is 5.69 Å². The minimum absolute atomic E-state index is 0.192. The standard InChI is InChI=1S/C20H17F2N5O/c21-14-3-6-17(18(22)10-14)12-7-13(20(28)23-15-4-5-15)9-16(8-12)27-19(11-1-2-11)24-25-26-27/h3,6-11,15H,1-2,4-5H2,(H,23,28). The number of nitrogens with zero attached hydrogens (tertiary/aromatic N) is 4. The molecule has 0 unspecified atom stereocenters. The second-order valence-electron chi connectivity index (χ2n) is 7.36. The molecule has 0 radical (unpaired) electrons. The van der Waals surface area contributed by atoms with Gasteiger partial charge in [-0.1, -0.05) is 0 Å². The smallest absolute Gasteiger partial charge is 0.251 e. The molecule has 6 nitrogen and oxygen atoms in total. The lowest BCUT2D eigenvalue weighted by Crippen LogP contribution is -2.25. The molecule has 142 valence electrons. The zero-order valence-electron chi connectivity index (χ0n) is 14.9. The number of halogens is 2. The molecule has 8 heteroatoms. The molecule has 0 aliphatic heterocycles. The lowest BCUT2D eigenvalue weighted by Gasteiger charge is -2.12. The Kier molecular flexibility index (Phi) is 3.92. The van der Waals surface area contributed by atoms with Gasteiger partial charge in [-0.2, -0.15) is 4.68 Å². The van der Waals surface area contributed by atoms with Crippen molar-refractivity contribution in [2.24, 2.45) is 0 Å². The van der Waals surface area contributed by atoms with Gasteiger partial charge < -0.3 is 5.32 Å². The molecule has 2 saturated carbocycles. The highest BCUT2D eigenvalue weighted by Crippen LogP contribution is 2.39. The molecule has 1 amide bonds. The number of nitrogens with one attached hydrogen (secondary N) is 1. The van der Waals surface area contributed by atoms with Crippen LogP contribution in [0.5, 0.6) is 0 Å². The number of carbonyl (C=O) groups excluding carboxylic acids is 1. The molecule has 0 atom stereocenters. The number of hydrogen-bond donors (Lipinski definition) is 1. The van der Waals surface area contributed by atoms with Crippen molar-refractivity contribution in [2.45, 2.75) is 37.6 Å². The predicted octanol–water partition coefficient (Wildman–Crippen LogP) is 3.38. The molecule has 5 rings (SSSR count). The zero-order valence-corrected chi connectivity index (χ0v) is 14.9. The summed E-state index contributed by atoms with van der Waals surface area (Å²) in [6.07, 6.45) is 3.96. The molecule has 0 bridgehead atoms. The quantitative estimate of drug-likeness (QED) is 0.735. The molecular formula is C20H17F2N5O. The van der Waals surface area contributed by atoms with Gasteiger partial charge in [-0.05, 0) is 72.0 Å². The van der Waals surface area contributed by atoms with Crippen LogP contribution in [-0.4, -0.2) is 32.2 Å². The Morgan fingerprint density at radius 2 is 1.89 bits per heavy atom. The minimum atomic E-state index is -0.690. The van der Waals surface area contributed by atoms with E-state index in [2.05, 4.69) is 20.8 Å². The average molecular weight is 381 g/mol. The molecular weight excluding hydrogens is 364 g/mol. The number of hydrogen-bond acceptors (Lipinski definition) is 4. The fraction of sp³-hybridized carbons (Fsp3) is 0.300. The van der Waals surface area contributed by atoms with Gasteiger partial charge in [0.1, 0.15) is 11.6 Å². The van der Waals surface area contributed by atoms with E-state index in [1.807, 2.05) is 0 Å². The van der Waals surface area contributed by atoms with Crippen molar-refractivity contribution >= 4 is 5.91 Å². The zero-order chi connectivity index (χ0) is 19.3. The maximum absolute atomic E-state index is 14.4. The molecule has 1 aromatic heterocycles. The first-order valence-electron chi connectivity index (χ1n) is 9.28. The summed E-state index contributed by atoms with van der Waals surface area (Å²) in [5.74, 6) is -0.546. The first kappa shape index (κ1) is 17.0. The Balaban J connectivity index is 1.63. The maximum Gasteiger partial charge on any atom is 0.251 e. The van der Waals surface area contributed by atoms with E-state index >= 15 is 0 Å². The largest absolute Gasteiger partial charge is 0.349 e. The maximum atomic E-state index is 14.4. The first-order valence-corrected chi connectivity index (χ1v) is 9.28. The molecule has 2 aliphatic carbocycles. The molecule has 1 heterocycles. The second-order valence-corrected chi connectivity index (χ2v) is 7.36. The van der Waals surface area contributed by atoms with E-state index in [-0.39, 0.29) is 17.5 Å². The van der Waals surface area contributed by atoms with E-state index in [4.69, 9.17) is 0 Å². The van der Waals surface area contributed by atoms with Crippen LogP contribution in [0.3, 0.4) is 0 Å². The predicted molar refractivity (Wildman–Crippen MR) is 97.0 cm³/mol. The fourth-order valence-electron chi connectivity index (χ4n) is 3.21. The van der Waals surface area contributed by atoms with Crippen molar-refractivity contribution in [3.8, 4) is 16.8 Å². The number of aromatic nitrogens is 4. The van der Waals surface area contributed by atoms with Gasteiger partial charge in [0, 0.05) is 29.2 Å². The Hall–Kier alpha value is -3.16. The van der Waals surface area contributed by atoms with E-state index < -0.39 is 11.6 Å². The summed E-state index contributed by atoms with van der Waals surface area (Å²) in [6.45, 7) is 0. The van der Waals surface area contributed by atoms with Crippen LogP contribution >= 0.6 is 0 Å². The van der Waals surface area contributed by atoms with Gasteiger partial charge in [-0.15, -0.1) is 5.10 Å². The summed E-state index contributed by atoms with van der Waals surface area (Å²) in [5.41, 5.74) is 1.65. The molecule has 1 N–H and O–H groups in total. The number of benzene rings is 2. The van der Waals surface area contributed by atoms with Crippen molar-refractivity contribution in [2.75, 3.05) is 0 Å². The molecule has 2 aromatic carbocycles. The number of rotatable bonds is 5. The third-order valence-corrected chi connectivity index (χ3v) is 5.02. The number of amides is 1. The van der Waals surface area contributed by atoms with Crippen LogP contribution in [0.25, 0.3) is 16.8 Å². The van der Waals surface area contributed by atoms with Crippen molar-refractivity contribution in [3.63, 3.8) is 0 Å². The lowest BCUT2D eigenvalue weighted by molar-refractivity contribution is 0.0951. The summed E-state index contributed by atoms with van der Waals surface area (Å²) >= 11 is 0. The fourth-order valence-corrected chi connectivity index (χ4v) is 3.21. The van der Waals surface area contributed by atoms with Crippen molar-refractivity contribution < 1.29 is 13.6 Å². The third kappa shape index (κ3) is 3.26. The van der Waals surface area contributed by atoms with Crippen LogP contribution < -0.4 is 5.32 Å². The monoisotopic (exact) mass is 381 g/mol. The van der Waals surface area contributed by atoms with E-state index in [9.17, 15) is 13.6 Å². The van der Waals surface area contributed by atoms with E-state index in [0.29, 0.717) is 22.7 Å².